The first kappa shape index (κ1) is 16.9. The molecule has 0 saturated heterocycles. The van der Waals surface area contributed by atoms with Gasteiger partial charge >= 0.3 is 0 Å². The zero-order chi connectivity index (χ0) is 16.8. The lowest BCUT2D eigenvalue weighted by atomic mass is 10.2. The fourth-order valence-electron chi connectivity index (χ4n) is 2.33. The third-order valence-corrected chi connectivity index (χ3v) is 3.54. The number of rotatable bonds is 7. The Hall–Kier alpha value is -2.50. The van der Waals surface area contributed by atoms with E-state index < -0.39 is 0 Å². The minimum Gasteiger partial charge on any atom is -0.493 e. The molecule has 2 rings (SSSR count). The van der Waals surface area contributed by atoms with Gasteiger partial charge in [0.05, 0.1) is 14.2 Å². The molecule has 23 heavy (non-hydrogen) atoms. The van der Waals surface area contributed by atoms with Gasteiger partial charge in [0.15, 0.2) is 11.5 Å². The molecular weight excluding hydrogens is 292 g/mol. The summed E-state index contributed by atoms with van der Waals surface area (Å²) in [7, 11) is 3.24. The molecule has 124 valence electrons. The van der Waals surface area contributed by atoms with Crippen molar-refractivity contribution in [3.63, 3.8) is 0 Å². The summed E-state index contributed by atoms with van der Waals surface area (Å²) in [6.45, 7) is 7.90. The van der Waals surface area contributed by atoms with Crippen molar-refractivity contribution in [1.82, 2.24) is 9.97 Å². The summed E-state index contributed by atoms with van der Waals surface area (Å²) in [6.07, 6.45) is 0. The molecule has 0 bridgehead atoms. The van der Waals surface area contributed by atoms with Crippen molar-refractivity contribution in [2.75, 3.05) is 37.5 Å². The molecule has 0 fully saturated rings. The maximum Gasteiger partial charge on any atom is 0.227 e. The summed E-state index contributed by atoms with van der Waals surface area (Å²) in [5.41, 5.74) is 1.80. The van der Waals surface area contributed by atoms with Crippen LogP contribution in [0.15, 0.2) is 24.3 Å². The number of hydrogen-bond donors (Lipinski definition) is 1. The van der Waals surface area contributed by atoms with E-state index in [-0.39, 0.29) is 0 Å². The number of methoxy groups -OCH3 is 2. The van der Waals surface area contributed by atoms with Crippen LogP contribution in [0.5, 0.6) is 11.5 Å². The van der Waals surface area contributed by atoms with Gasteiger partial charge in [-0.15, -0.1) is 0 Å². The number of aromatic nitrogens is 2. The first-order valence-corrected chi connectivity index (χ1v) is 7.70. The van der Waals surface area contributed by atoms with Crippen molar-refractivity contribution in [2.24, 2.45) is 0 Å². The predicted molar refractivity (Wildman–Crippen MR) is 93.2 cm³/mol. The van der Waals surface area contributed by atoms with Gasteiger partial charge in [-0.3, -0.25) is 0 Å². The lowest BCUT2D eigenvalue weighted by Gasteiger charge is -2.20. The molecule has 6 nitrogen and oxygen atoms in total. The Morgan fingerprint density at radius 1 is 1.00 bits per heavy atom. The molecular formula is C17H24N4O2. The Morgan fingerprint density at radius 2 is 1.70 bits per heavy atom. The quantitative estimate of drug-likeness (QED) is 0.845. The minimum absolute atomic E-state index is 0.673. The average Bonchev–Trinajstić information content (AvgIpc) is 2.55. The van der Waals surface area contributed by atoms with Gasteiger partial charge < -0.3 is 19.7 Å². The second-order valence-electron chi connectivity index (χ2n) is 5.06. The highest BCUT2D eigenvalue weighted by Gasteiger charge is 2.09. The molecule has 0 amide bonds. The van der Waals surface area contributed by atoms with Crippen LogP contribution in [-0.2, 0) is 0 Å². The number of nitrogens with one attached hydrogen (secondary N) is 1. The summed E-state index contributed by atoms with van der Waals surface area (Å²) in [6, 6.07) is 7.59. The number of ether oxygens (including phenoxy) is 2. The Balaban J connectivity index is 2.29. The van der Waals surface area contributed by atoms with Crippen molar-refractivity contribution >= 4 is 17.5 Å². The van der Waals surface area contributed by atoms with Gasteiger partial charge in [0.25, 0.3) is 0 Å². The molecule has 0 unspecified atom stereocenters. The SMILES string of the molecule is CCN(CC)c1nc(C)cc(Nc2ccc(OC)c(OC)c2)n1. The van der Waals surface area contributed by atoms with E-state index in [1.165, 1.54) is 0 Å². The van der Waals surface area contributed by atoms with Crippen LogP contribution in [-0.4, -0.2) is 37.3 Å². The molecule has 0 aliphatic heterocycles. The highest BCUT2D eigenvalue weighted by atomic mass is 16.5. The van der Waals surface area contributed by atoms with Crippen molar-refractivity contribution in [1.29, 1.82) is 0 Å². The van der Waals surface area contributed by atoms with Crippen LogP contribution < -0.4 is 19.7 Å². The monoisotopic (exact) mass is 316 g/mol. The lowest BCUT2D eigenvalue weighted by molar-refractivity contribution is 0.355. The molecule has 1 aromatic carbocycles. The summed E-state index contributed by atoms with van der Waals surface area (Å²) < 4.78 is 10.6. The van der Waals surface area contributed by atoms with Crippen molar-refractivity contribution in [3.8, 4) is 11.5 Å². The van der Waals surface area contributed by atoms with Crippen LogP contribution in [0.4, 0.5) is 17.5 Å². The van der Waals surface area contributed by atoms with Gasteiger partial charge in [0.2, 0.25) is 5.95 Å². The molecule has 0 aliphatic rings. The van der Waals surface area contributed by atoms with E-state index in [1.807, 2.05) is 31.2 Å². The molecule has 0 radical (unpaired) electrons. The molecule has 6 heteroatoms. The van der Waals surface area contributed by atoms with E-state index in [4.69, 9.17) is 9.47 Å². The van der Waals surface area contributed by atoms with Gasteiger partial charge in [-0.25, -0.2) is 4.98 Å². The highest BCUT2D eigenvalue weighted by Crippen LogP contribution is 2.31. The standard InChI is InChI=1S/C17H24N4O2/c1-6-21(7-2)17-18-12(3)10-16(20-17)19-13-8-9-14(22-4)15(11-13)23-5/h8-11H,6-7H2,1-5H3,(H,18,19,20). The zero-order valence-electron chi connectivity index (χ0n) is 14.4. The topological polar surface area (TPSA) is 59.5 Å². The zero-order valence-corrected chi connectivity index (χ0v) is 14.4. The summed E-state index contributed by atoms with van der Waals surface area (Å²) in [5.74, 6) is 2.86. The Bertz CT molecular complexity index is 657. The molecule has 0 atom stereocenters. The minimum atomic E-state index is 0.673. The van der Waals surface area contributed by atoms with Gasteiger partial charge in [0, 0.05) is 36.6 Å². The maximum absolute atomic E-state index is 5.33. The molecule has 1 N–H and O–H groups in total. The van der Waals surface area contributed by atoms with Crippen molar-refractivity contribution < 1.29 is 9.47 Å². The fraction of sp³-hybridized carbons (Fsp3) is 0.412. The summed E-state index contributed by atoms with van der Waals surface area (Å²) in [5, 5.41) is 3.30. The second-order valence-corrected chi connectivity index (χ2v) is 5.06. The summed E-state index contributed by atoms with van der Waals surface area (Å²) in [4.78, 5) is 11.2. The van der Waals surface area contributed by atoms with Gasteiger partial charge in [0.1, 0.15) is 5.82 Å². The van der Waals surface area contributed by atoms with E-state index in [9.17, 15) is 0 Å². The Kier molecular flexibility index (Phi) is 5.62. The third kappa shape index (κ3) is 4.03. The molecule has 2 aromatic rings. The van der Waals surface area contributed by atoms with Crippen LogP contribution in [0.1, 0.15) is 19.5 Å². The van der Waals surface area contributed by atoms with Crippen LogP contribution in [0.3, 0.4) is 0 Å². The number of aryl methyl sites for hydroxylation is 1. The normalized spacial score (nSPS) is 10.3. The number of hydrogen-bond acceptors (Lipinski definition) is 6. The summed E-state index contributed by atoms with van der Waals surface area (Å²) >= 11 is 0. The van der Waals surface area contributed by atoms with Crippen LogP contribution in [0.25, 0.3) is 0 Å². The number of anilines is 3. The molecule has 0 aliphatic carbocycles. The van der Waals surface area contributed by atoms with Crippen LogP contribution in [0, 0.1) is 6.92 Å². The van der Waals surface area contributed by atoms with Crippen LogP contribution in [0.2, 0.25) is 0 Å². The molecule has 0 saturated carbocycles. The number of benzene rings is 1. The van der Waals surface area contributed by atoms with Crippen molar-refractivity contribution in [3.05, 3.63) is 30.0 Å². The first-order valence-electron chi connectivity index (χ1n) is 7.70. The maximum atomic E-state index is 5.33. The van der Waals surface area contributed by atoms with E-state index >= 15 is 0 Å². The predicted octanol–water partition coefficient (Wildman–Crippen LogP) is 3.39. The molecule has 0 spiro atoms. The second kappa shape index (κ2) is 7.67. The van der Waals surface area contributed by atoms with Gasteiger partial charge in [-0.1, -0.05) is 0 Å². The number of nitrogens with zero attached hydrogens (tertiary/aromatic N) is 3. The molecule has 1 heterocycles. The lowest BCUT2D eigenvalue weighted by Crippen LogP contribution is -2.24. The van der Waals surface area contributed by atoms with Crippen LogP contribution >= 0.6 is 0 Å². The Morgan fingerprint density at radius 3 is 2.30 bits per heavy atom. The van der Waals surface area contributed by atoms with Gasteiger partial charge in [-0.05, 0) is 32.9 Å². The van der Waals surface area contributed by atoms with E-state index in [2.05, 4.69) is 34.0 Å². The average molecular weight is 316 g/mol. The van der Waals surface area contributed by atoms with E-state index in [1.54, 1.807) is 14.2 Å². The third-order valence-electron chi connectivity index (χ3n) is 3.54. The van der Waals surface area contributed by atoms with E-state index in [0.717, 1.165) is 36.2 Å². The Labute approximate surface area is 137 Å². The van der Waals surface area contributed by atoms with E-state index in [0.29, 0.717) is 11.5 Å². The highest BCUT2D eigenvalue weighted by molar-refractivity contribution is 5.62. The van der Waals surface area contributed by atoms with Gasteiger partial charge in [-0.2, -0.15) is 4.98 Å². The largest absolute Gasteiger partial charge is 0.493 e. The van der Waals surface area contributed by atoms with Crippen molar-refractivity contribution in [2.45, 2.75) is 20.8 Å². The molecule has 1 aromatic heterocycles. The smallest absolute Gasteiger partial charge is 0.227 e. The first-order chi connectivity index (χ1) is 11.1. The fourth-order valence-corrected chi connectivity index (χ4v) is 2.33.